The minimum atomic E-state index is -1.54. The molecule has 0 saturated carbocycles. The number of allylic oxidation sites excluding steroid dienone is 10. The lowest BCUT2D eigenvalue weighted by molar-refractivity contribution is -0.119. The van der Waals surface area contributed by atoms with Crippen LogP contribution in [0.4, 0.5) is 0 Å². The van der Waals surface area contributed by atoms with Gasteiger partial charge in [-0.1, -0.05) is 87.9 Å². The Hall–Kier alpha value is -1.31. The average molecular weight is 521 g/mol. The van der Waals surface area contributed by atoms with E-state index < -0.39 is 7.80 Å². The van der Waals surface area contributed by atoms with E-state index in [4.69, 9.17) is 11.5 Å². The number of carbonyl (C=O) groups excluding carboxylic acids is 1. The number of Topliss-reactive ketones (excluding diaryl/α,β-unsaturated/α-hetero) is 1. The Balaban J connectivity index is 3.67. The maximum absolute atomic E-state index is 12.0. The minimum absolute atomic E-state index is 0.0301. The molecule has 0 fully saturated rings. The Morgan fingerprint density at radius 1 is 0.800 bits per heavy atom. The predicted molar refractivity (Wildman–Crippen MR) is 160 cm³/mol. The molecule has 0 aromatic rings. The fraction of sp³-hybridized carbons (Fsp3) is 0.552. The summed E-state index contributed by atoms with van der Waals surface area (Å²) >= 11 is 0. The van der Waals surface area contributed by atoms with Gasteiger partial charge in [0.25, 0.3) is 0 Å². The zero-order valence-corrected chi connectivity index (χ0v) is 23.9. The Kier molecular flexibility index (Phi) is 26.3. The highest BCUT2D eigenvalue weighted by Crippen LogP contribution is 2.23. The van der Waals surface area contributed by atoms with Crippen molar-refractivity contribution in [1.82, 2.24) is 0 Å². The van der Waals surface area contributed by atoms with Gasteiger partial charge in [-0.2, -0.15) is 0 Å². The molecule has 0 bridgehead atoms. The second kappa shape index (κ2) is 27.3. The number of hydrogen-bond acceptors (Lipinski definition) is 4. The smallest absolute Gasteiger partial charge is 0.133 e. The molecule has 0 rings (SSSR count). The number of hydrogen-bond donors (Lipinski definition) is 2. The van der Waals surface area contributed by atoms with E-state index >= 15 is 0 Å². The highest BCUT2D eigenvalue weighted by molar-refractivity contribution is 7.45. The molecule has 3 unspecified atom stereocenters. The maximum atomic E-state index is 12.0. The van der Waals surface area contributed by atoms with Crippen LogP contribution in [0.15, 0.2) is 72.4 Å². The summed E-state index contributed by atoms with van der Waals surface area (Å²) < 4.78 is 11.8. The molecule has 0 spiro atoms. The quantitative estimate of drug-likeness (QED) is 0.107. The van der Waals surface area contributed by atoms with Crippen molar-refractivity contribution >= 4 is 22.2 Å². The third kappa shape index (κ3) is 27.1. The summed E-state index contributed by atoms with van der Waals surface area (Å²) in [5.41, 5.74) is 11.5. The fourth-order valence-corrected chi connectivity index (χ4v) is 5.33. The van der Waals surface area contributed by atoms with Crippen molar-refractivity contribution in [3.8, 4) is 0 Å². The highest BCUT2D eigenvalue weighted by Gasteiger charge is 2.08. The van der Waals surface area contributed by atoms with Gasteiger partial charge in [-0.15, -0.1) is 0 Å². The van der Waals surface area contributed by atoms with Crippen molar-refractivity contribution in [3.63, 3.8) is 0 Å². The minimum Gasteiger partial charge on any atom is -0.330 e. The van der Waals surface area contributed by atoms with Crippen LogP contribution in [0, 0.1) is 0 Å². The van der Waals surface area contributed by atoms with Crippen molar-refractivity contribution in [2.45, 2.75) is 83.6 Å². The van der Waals surface area contributed by atoms with E-state index in [0.29, 0.717) is 40.5 Å². The van der Waals surface area contributed by atoms with Crippen LogP contribution in [0.5, 0.6) is 0 Å². The van der Waals surface area contributed by atoms with Crippen LogP contribution < -0.4 is 11.5 Å². The Morgan fingerprint density at radius 2 is 1.37 bits per heavy atom. The number of ketones is 1. The van der Waals surface area contributed by atoms with Gasteiger partial charge in [0.1, 0.15) is 5.78 Å². The zero-order chi connectivity index (χ0) is 25.8. The molecular formula is C29H50N2O2P2. The van der Waals surface area contributed by atoms with E-state index in [1.807, 2.05) is 0 Å². The van der Waals surface area contributed by atoms with Gasteiger partial charge < -0.3 is 16.0 Å². The van der Waals surface area contributed by atoms with E-state index in [2.05, 4.69) is 79.3 Å². The molecule has 0 amide bonds. The van der Waals surface area contributed by atoms with Crippen molar-refractivity contribution < 1.29 is 9.36 Å². The summed E-state index contributed by atoms with van der Waals surface area (Å²) in [7, 11) is -0.837. The summed E-state index contributed by atoms with van der Waals surface area (Å²) in [6, 6.07) is -0.0301. The summed E-state index contributed by atoms with van der Waals surface area (Å²) in [5, 5.41) is 0. The van der Waals surface area contributed by atoms with E-state index in [1.165, 1.54) is 0 Å². The van der Waals surface area contributed by atoms with E-state index in [1.54, 1.807) is 0 Å². The first-order valence-corrected chi connectivity index (χ1v) is 16.2. The van der Waals surface area contributed by atoms with Crippen molar-refractivity contribution in [1.29, 1.82) is 0 Å². The van der Waals surface area contributed by atoms with Gasteiger partial charge >= 0.3 is 0 Å². The van der Waals surface area contributed by atoms with Gasteiger partial charge in [-0.3, -0.25) is 4.79 Å². The normalized spacial score (nSPS) is 14.9. The van der Waals surface area contributed by atoms with Gasteiger partial charge in [0.05, 0.1) is 7.80 Å². The first-order chi connectivity index (χ1) is 17.1. The molecule has 0 aliphatic rings. The standard InChI is InChI=1S/C29H50N2O2P2/c1-2-3-4-5-6-7-8-9-10-13-16-24-34-25-17-14-11-12-15-19-29(32)21-20-28(31)22-27-35(33)26-18-23-30/h3-4,6-7,9-12,16-17,24-25,28,34-35H,2,5,8,13-15,18-23,26-27,30-31H2,1H3/b4-3-,7-6-,10-9-,12-11-,24-16-,25-17-. The summed E-state index contributed by atoms with van der Waals surface area (Å²) in [6.07, 6.45) is 32.4. The first kappa shape index (κ1) is 33.7. The topological polar surface area (TPSA) is 86.2 Å². The second-order valence-corrected chi connectivity index (χ2v) is 11.6. The molecule has 0 aliphatic heterocycles. The van der Waals surface area contributed by atoms with Crippen LogP contribution >= 0.6 is 16.4 Å². The summed E-state index contributed by atoms with van der Waals surface area (Å²) in [5.74, 6) is 4.68. The van der Waals surface area contributed by atoms with Crippen LogP contribution in [-0.2, 0) is 9.36 Å². The van der Waals surface area contributed by atoms with Crippen LogP contribution in [0.25, 0.3) is 0 Å². The van der Waals surface area contributed by atoms with Crippen molar-refractivity contribution in [2.75, 3.05) is 18.9 Å². The molecule has 0 aromatic carbocycles. The third-order valence-electron chi connectivity index (χ3n) is 5.26. The first-order valence-electron chi connectivity index (χ1n) is 13.2. The zero-order valence-electron chi connectivity index (χ0n) is 21.9. The molecule has 4 nitrogen and oxygen atoms in total. The van der Waals surface area contributed by atoms with Gasteiger partial charge in [0.15, 0.2) is 0 Å². The molecule has 0 heterocycles. The lowest BCUT2D eigenvalue weighted by atomic mass is 10.0. The van der Waals surface area contributed by atoms with Crippen LogP contribution in [0.1, 0.15) is 77.6 Å². The summed E-state index contributed by atoms with van der Waals surface area (Å²) in [6.45, 7) is 2.74. The Labute approximate surface area is 217 Å². The molecule has 0 saturated heterocycles. The maximum Gasteiger partial charge on any atom is 0.133 e. The van der Waals surface area contributed by atoms with E-state index in [-0.39, 0.29) is 11.8 Å². The summed E-state index contributed by atoms with van der Waals surface area (Å²) in [4.78, 5) is 12.0. The highest BCUT2D eigenvalue weighted by atomic mass is 31.1. The van der Waals surface area contributed by atoms with Gasteiger partial charge in [0, 0.05) is 18.9 Å². The SMILES string of the molecule is CC/C=C\C/C=C\C/C=C\C/C=C\P/C=C\C/C=C\CCC(=O)CCC(N)CC[PH](=O)CCCN. The molecule has 6 heteroatoms. The Morgan fingerprint density at radius 3 is 1.97 bits per heavy atom. The second-order valence-electron chi connectivity index (χ2n) is 8.55. The van der Waals surface area contributed by atoms with Gasteiger partial charge in [-0.25, -0.2) is 0 Å². The number of carbonyl (C=O) groups is 1. The average Bonchev–Trinajstić information content (AvgIpc) is 2.86. The van der Waals surface area contributed by atoms with Gasteiger partial charge in [0.2, 0.25) is 0 Å². The van der Waals surface area contributed by atoms with Crippen molar-refractivity contribution in [2.24, 2.45) is 11.5 Å². The molecule has 198 valence electrons. The lowest BCUT2D eigenvalue weighted by Crippen LogP contribution is -2.22. The van der Waals surface area contributed by atoms with E-state index in [0.717, 1.165) is 57.5 Å². The third-order valence-corrected chi connectivity index (χ3v) is 7.87. The number of nitrogens with two attached hydrogens (primary N) is 2. The lowest BCUT2D eigenvalue weighted by Gasteiger charge is -2.10. The molecule has 0 radical (unpaired) electrons. The van der Waals surface area contributed by atoms with E-state index in [9.17, 15) is 9.36 Å². The number of rotatable bonds is 23. The molecule has 35 heavy (non-hydrogen) atoms. The van der Waals surface area contributed by atoms with Gasteiger partial charge in [-0.05, 0) is 76.7 Å². The fourth-order valence-electron chi connectivity index (χ4n) is 3.13. The molecule has 4 N–H and O–H groups in total. The van der Waals surface area contributed by atoms with Crippen LogP contribution in [0.2, 0.25) is 0 Å². The van der Waals surface area contributed by atoms with Crippen LogP contribution in [0.3, 0.4) is 0 Å². The Bertz CT molecular complexity index is 709. The van der Waals surface area contributed by atoms with Crippen LogP contribution in [-0.4, -0.2) is 30.7 Å². The molecule has 0 aromatic heterocycles. The predicted octanol–water partition coefficient (Wildman–Crippen LogP) is 7.64. The monoisotopic (exact) mass is 520 g/mol. The molecule has 0 aliphatic carbocycles. The molecule has 3 atom stereocenters. The molecular weight excluding hydrogens is 470 g/mol. The van der Waals surface area contributed by atoms with Crippen molar-refractivity contribution in [3.05, 3.63) is 72.4 Å². The largest absolute Gasteiger partial charge is 0.330 e.